The molecule has 2 aromatic rings. The molecule has 0 spiro atoms. The lowest BCUT2D eigenvalue weighted by Gasteiger charge is -2.30. The van der Waals surface area contributed by atoms with Crippen molar-refractivity contribution in [2.75, 3.05) is 13.1 Å². The fourth-order valence-electron chi connectivity index (χ4n) is 3.03. The van der Waals surface area contributed by atoms with Gasteiger partial charge in [-0.05, 0) is 43.5 Å². The largest absolute Gasteiger partial charge is 0.369 e. The molecule has 0 unspecified atom stereocenters. The maximum Gasteiger partial charge on any atom is 0.243 e. The molecule has 1 fully saturated rings. The van der Waals surface area contributed by atoms with Crippen LogP contribution in [0.4, 0.5) is 0 Å². The topological polar surface area (TPSA) is 93.4 Å². The third kappa shape index (κ3) is 2.82. The number of hydrogen-bond donors (Lipinski definition) is 1. The number of rotatable bonds is 3. The Bertz CT molecular complexity index is 856. The van der Waals surface area contributed by atoms with Gasteiger partial charge in [-0.1, -0.05) is 6.07 Å². The monoisotopic (exact) mass is 333 g/mol. The number of fused-ring (bicyclic) bond motifs is 1. The minimum absolute atomic E-state index is 0.238. The molecule has 2 N–H and O–H groups in total. The van der Waals surface area contributed by atoms with E-state index in [0.717, 1.165) is 5.56 Å². The average molecular weight is 333 g/mol. The van der Waals surface area contributed by atoms with Gasteiger partial charge in [0.15, 0.2) is 0 Å². The maximum absolute atomic E-state index is 13.0. The quantitative estimate of drug-likeness (QED) is 0.919. The minimum atomic E-state index is -3.61. The molecule has 1 amide bonds. The summed E-state index contributed by atoms with van der Waals surface area (Å²) in [6.45, 7) is 2.53. The molecular weight excluding hydrogens is 314 g/mol. The van der Waals surface area contributed by atoms with Crippen molar-refractivity contribution >= 4 is 26.8 Å². The van der Waals surface area contributed by atoms with E-state index in [0.29, 0.717) is 36.8 Å². The van der Waals surface area contributed by atoms with Gasteiger partial charge in [0.1, 0.15) is 0 Å². The van der Waals surface area contributed by atoms with E-state index in [1.54, 1.807) is 30.5 Å². The van der Waals surface area contributed by atoms with Crippen LogP contribution >= 0.6 is 0 Å². The fraction of sp³-hybridized carbons (Fsp3) is 0.375. The predicted molar refractivity (Wildman–Crippen MR) is 87.2 cm³/mol. The predicted octanol–water partition coefficient (Wildman–Crippen LogP) is 1.43. The molecule has 122 valence electrons. The normalized spacial score (nSPS) is 17.4. The first-order valence-electron chi connectivity index (χ1n) is 7.55. The number of pyridine rings is 1. The van der Waals surface area contributed by atoms with Gasteiger partial charge in [0, 0.05) is 30.6 Å². The van der Waals surface area contributed by atoms with E-state index in [-0.39, 0.29) is 16.7 Å². The van der Waals surface area contributed by atoms with Crippen molar-refractivity contribution in [1.29, 1.82) is 0 Å². The van der Waals surface area contributed by atoms with Crippen molar-refractivity contribution in [1.82, 2.24) is 9.29 Å². The highest BCUT2D eigenvalue weighted by atomic mass is 32.2. The zero-order valence-corrected chi connectivity index (χ0v) is 13.7. The fourth-order valence-corrected chi connectivity index (χ4v) is 4.68. The first kappa shape index (κ1) is 15.9. The van der Waals surface area contributed by atoms with E-state index in [1.807, 2.05) is 6.92 Å². The van der Waals surface area contributed by atoms with Crippen LogP contribution in [0.15, 0.2) is 35.4 Å². The van der Waals surface area contributed by atoms with Crippen molar-refractivity contribution in [3.05, 3.63) is 36.0 Å². The number of hydrogen-bond acceptors (Lipinski definition) is 4. The Morgan fingerprint density at radius 1 is 1.26 bits per heavy atom. The first-order chi connectivity index (χ1) is 10.9. The number of nitrogens with two attached hydrogens (primary N) is 1. The summed E-state index contributed by atoms with van der Waals surface area (Å²) in [5, 5.41) is 0.629. The van der Waals surface area contributed by atoms with Gasteiger partial charge in [0.2, 0.25) is 15.9 Å². The van der Waals surface area contributed by atoms with Crippen LogP contribution < -0.4 is 5.73 Å². The van der Waals surface area contributed by atoms with E-state index in [2.05, 4.69) is 4.98 Å². The summed E-state index contributed by atoms with van der Waals surface area (Å²) in [5.41, 5.74) is 6.94. The molecule has 1 aromatic carbocycles. The van der Waals surface area contributed by atoms with Gasteiger partial charge < -0.3 is 5.73 Å². The van der Waals surface area contributed by atoms with Crippen LogP contribution in [0, 0.1) is 12.8 Å². The lowest BCUT2D eigenvalue weighted by Crippen LogP contribution is -2.41. The molecule has 0 saturated carbocycles. The maximum atomic E-state index is 13.0. The van der Waals surface area contributed by atoms with Crippen LogP contribution in [0.5, 0.6) is 0 Å². The van der Waals surface area contributed by atoms with Crippen LogP contribution in [0.1, 0.15) is 18.4 Å². The van der Waals surface area contributed by atoms with E-state index in [9.17, 15) is 13.2 Å². The zero-order chi connectivity index (χ0) is 16.6. The standard InChI is InChI=1S/C16H19N3O3S/c1-11-4-5-14(13-3-2-8-18-15(11)13)23(21,22)19-9-6-12(7-10-19)16(17)20/h2-5,8,12H,6-7,9-10H2,1H3,(H2,17,20). The smallest absolute Gasteiger partial charge is 0.243 e. The number of sulfonamides is 1. The Kier molecular flexibility index (Phi) is 4.08. The lowest BCUT2D eigenvalue weighted by atomic mass is 9.98. The highest BCUT2D eigenvalue weighted by Crippen LogP contribution is 2.29. The van der Waals surface area contributed by atoms with Crippen LogP contribution in [0.3, 0.4) is 0 Å². The van der Waals surface area contributed by atoms with Crippen molar-refractivity contribution < 1.29 is 13.2 Å². The number of primary amides is 1. The summed E-state index contributed by atoms with van der Waals surface area (Å²) in [6.07, 6.45) is 2.59. The molecule has 1 aliphatic heterocycles. The SMILES string of the molecule is Cc1ccc(S(=O)(=O)N2CCC(C(N)=O)CC2)c2cccnc12. The van der Waals surface area contributed by atoms with Gasteiger partial charge in [-0.2, -0.15) is 4.31 Å². The van der Waals surface area contributed by atoms with E-state index < -0.39 is 10.0 Å². The van der Waals surface area contributed by atoms with Crippen molar-refractivity contribution in [2.24, 2.45) is 11.7 Å². The third-order valence-electron chi connectivity index (χ3n) is 4.41. The van der Waals surface area contributed by atoms with Crippen LogP contribution in [0.25, 0.3) is 10.9 Å². The Morgan fingerprint density at radius 3 is 2.61 bits per heavy atom. The molecule has 1 saturated heterocycles. The Balaban J connectivity index is 1.98. The molecular formula is C16H19N3O3S. The average Bonchev–Trinajstić information content (AvgIpc) is 2.55. The number of piperidine rings is 1. The molecule has 1 aliphatic rings. The van der Waals surface area contributed by atoms with Crippen LogP contribution in [-0.2, 0) is 14.8 Å². The number of carbonyl (C=O) groups is 1. The second-order valence-corrected chi connectivity index (χ2v) is 7.77. The van der Waals surface area contributed by atoms with Gasteiger partial charge in [0.25, 0.3) is 0 Å². The Morgan fingerprint density at radius 2 is 1.96 bits per heavy atom. The van der Waals surface area contributed by atoms with Crippen LogP contribution in [0.2, 0.25) is 0 Å². The van der Waals surface area contributed by atoms with Gasteiger partial charge in [-0.15, -0.1) is 0 Å². The number of nitrogens with zero attached hydrogens (tertiary/aromatic N) is 2. The molecule has 2 heterocycles. The molecule has 23 heavy (non-hydrogen) atoms. The minimum Gasteiger partial charge on any atom is -0.369 e. The molecule has 1 aromatic heterocycles. The Hall–Kier alpha value is -1.99. The highest BCUT2D eigenvalue weighted by Gasteiger charge is 2.32. The Labute approximate surface area is 135 Å². The number of amides is 1. The van der Waals surface area contributed by atoms with E-state index in [4.69, 9.17) is 5.73 Å². The number of benzene rings is 1. The second kappa shape index (κ2) is 5.90. The van der Waals surface area contributed by atoms with E-state index >= 15 is 0 Å². The summed E-state index contributed by atoms with van der Waals surface area (Å²) < 4.78 is 27.4. The van der Waals surface area contributed by atoms with Crippen LogP contribution in [-0.4, -0.2) is 36.7 Å². The summed E-state index contributed by atoms with van der Waals surface area (Å²) in [5.74, 6) is -0.593. The highest BCUT2D eigenvalue weighted by molar-refractivity contribution is 7.89. The molecule has 0 bridgehead atoms. The first-order valence-corrected chi connectivity index (χ1v) is 8.99. The number of aromatic nitrogens is 1. The molecule has 0 atom stereocenters. The second-order valence-electron chi connectivity index (χ2n) is 5.86. The van der Waals surface area contributed by atoms with Crippen molar-refractivity contribution in [2.45, 2.75) is 24.7 Å². The van der Waals surface area contributed by atoms with Crippen molar-refractivity contribution in [3.63, 3.8) is 0 Å². The van der Waals surface area contributed by atoms with Gasteiger partial charge in [-0.25, -0.2) is 8.42 Å². The number of aryl methyl sites for hydroxylation is 1. The molecule has 0 radical (unpaired) electrons. The third-order valence-corrected chi connectivity index (χ3v) is 6.36. The summed E-state index contributed by atoms with van der Waals surface area (Å²) >= 11 is 0. The molecule has 6 nitrogen and oxygen atoms in total. The molecule has 7 heteroatoms. The number of carbonyl (C=O) groups excluding carboxylic acids is 1. The summed E-state index contributed by atoms with van der Waals surface area (Å²) in [6, 6.07) is 6.92. The molecule has 3 rings (SSSR count). The van der Waals surface area contributed by atoms with E-state index in [1.165, 1.54) is 4.31 Å². The van der Waals surface area contributed by atoms with Gasteiger partial charge in [-0.3, -0.25) is 9.78 Å². The zero-order valence-electron chi connectivity index (χ0n) is 12.9. The lowest BCUT2D eigenvalue weighted by molar-refractivity contribution is -0.122. The summed E-state index contributed by atoms with van der Waals surface area (Å²) in [7, 11) is -3.61. The molecule has 0 aliphatic carbocycles. The van der Waals surface area contributed by atoms with Gasteiger partial charge in [0.05, 0.1) is 10.4 Å². The summed E-state index contributed by atoms with van der Waals surface area (Å²) in [4.78, 5) is 15.8. The van der Waals surface area contributed by atoms with Crippen molar-refractivity contribution in [3.8, 4) is 0 Å². The van der Waals surface area contributed by atoms with Gasteiger partial charge >= 0.3 is 0 Å².